The molecule has 0 radical (unpaired) electrons. The summed E-state index contributed by atoms with van der Waals surface area (Å²) in [7, 11) is 0. The van der Waals surface area contributed by atoms with Gasteiger partial charge in [0.15, 0.2) is 0 Å². The fraction of sp³-hybridized carbons (Fsp3) is 0.167. The summed E-state index contributed by atoms with van der Waals surface area (Å²) in [5.41, 5.74) is 1.25. The second-order valence-electron chi connectivity index (χ2n) is 2.98. The minimum atomic E-state index is 0.654. The van der Waals surface area contributed by atoms with Gasteiger partial charge in [-0.25, -0.2) is 0 Å². The molecule has 0 unspecified atom stereocenters. The van der Waals surface area contributed by atoms with Crippen molar-refractivity contribution in [2.45, 2.75) is 6.42 Å². The van der Waals surface area contributed by atoms with Crippen LogP contribution in [0.2, 0.25) is 0 Å². The predicted octanol–water partition coefficient (Wildman–Crippen LogP) is 2.73. The van der Waals surface area contributed by atoms with E-state index in [4.69, 9.17) is 4.74 Å². The third kappa shape index (κ3) is 2.00. The molecule has 1 aliphatic rings. The van der Waals surface area contributed by atoms with Gasteiger partial charge >= 0.3 is 0 Å². The first-order valence-corrected chi connectivity index (χ1v) is 4.49. The first kappa shape index (κ1) is 8.11. The van der Waals surface area contributed by atoms with Crippen molar-refractivity contribution in [1.29, 1.82) is 0 Å². The number of benzene rings is 1. The van der Waals surface area contributed by atoms with Gasteiger partial charge in [0.05, 0.1) is 0 Å². The summed E-state index contributed by atoms with van der Waals surface area (Å²) in [5.74, 6) is 0.999. The summed E-state index contributed by atoms with van der Waals surface area (Å²) < 4.78 is 5.58. The van der Waals surface area contributed by atoms with Crippen molar-refractivity contribution in [3.63, 3.8) is 0 Å². The third-order valence-electron chi connectivity index (χ3n) is 2.03. The summed E-state index contributed by atoms with van der Waals surface area (Å²) in [6.45, 7) is 0.654. The van der Waals surface area contributed by atoms with E-state index in [2.05, 4.69) is 18.2 Å². The zero-order chi connectivity index (χ0) is 8.93. The van der Waals surface area contributed by atoms with Crippen LogP contribution in [0.5, 0.6) is 5.75 Å². The Morgan fingerprint density at radius 3 is 2.85 bits per heavy atom. The Morgan fingerprint density at radius 1 is 1.00 bits per heavy atom. The van der Waals surface area contributed by atoms with Crippen LogP contribution in [0.25, 0.3) is 0 Å². The molecule has 0 aromatic heterocycles. The topological polar surface area (TPSA) is 9.23 Å². The van der Waals surface area contributed by atoms with E-state index in [0.29, 0.717) is 6.61 Å². The molecule has 1 aliphatic heterocycles. The minimum absolute atomic E-state index is 0.654. The van der Waals surface area contributed by atoms with Gasteiger partial charge in [0, 0.05) is 0 Å². The Labute approximate surface area is 78.3 Å². The molecule has 0 fully saturated rings. The average Bonchev–Trinajstić information content (AvgIpc) is 2.28. The van der Waals surface area contributed by atoms with Crippen molar-refractivity contribution < 1.29 is 4.74 Å². The molecule has 0 atom stereocenters. The number of para-hydroxylation sites is 1. The second kappa shape index (κ2) is 3.94. The van der Waals surface area contributed by atoms with Crippen LogP contribution in [-0.2, 0) is 6.42 Å². The zero-order valence-electron chi connectivity index (χ0n) is 7.44. The van der Waals surface area contributed by atoms with Gasteiger partial charge in [0.25, 0.3) is 0 Å². The highest BCUT2D eigenvalue weighted by Gasteiger charge is 2.00. The molecule has 1 aromatic carbocycles. The average molecular weight is 172 g/mol. The molecule has 0 saturated carbocycles. The van der Waals surface area contributed by atoms with Gasteiger partial charge in [0.2, 0.25) is 0 Å². The van der Waals surface area contributed by atoms with Gasteiger partial charge in [-0.15, -0.1) is 0 Å². The molecule has 0 saturated heterocycles. The van der Waals surface area contributed by atoms with Crippen LogP contribution < -0.4 is 4.74 Å². The molecule has 2 rings (SSSR count). The molecule has 1 nitrogen and oxygen atoms in total. The van der Waals surface area contributed by atoms with Crippen LogP contribution >= 0.6 is 0 Å². The van der Waals surface area contributed by atoms with E-state index < -0.39 is 0 Å². The van der Waals surface area contributed by atoms with Crippen LogP contribution in [0, 0.1) is 0 Å². The van der Waals surface area contributed by atoms with Crippen molar-refractivity contribution >= 4 is 0 Å². The highest BCUT2D eigenvalue weighted by molar-refractivity contribution is 5.35. The van der Waals surface area contributed by atoms with E-state index >= 15 is 0 Å². The summed E-state index contributed by atoms with van der Waals surface area (Å²) in [5, 5.41) is 0. The molecule has 1 aromatic rings. The van der Waals surface area contributed by atoms with Gasteiger partial charge in [-0.05, 0) is 24.1 Å². The summed E-state index contributed by atoms with van der Waals surface area (Å²) in [4.78, 5) is 0. The molecule has 1 heterocycles. The number of fused-ring (bicyclic) bond motifs is 1. The molecule has 0 amide bonds. The predicted molar refractivity (Wildman–Crippen MR) is 53.9 cm³/mol. The monoisotopic (exact) mass is 172 g/mol. The second-order valence-corrected chi connectivity index (χ2v) is 2.98. The van der Waals surface area contributed by atoms with Gasteiger partial charge in [-0.1, -0.05) is 36.4 Å². The number of hydrogen-bond acceptors (Lipinski definition) is 1. The van der Waals surface area contributed by atoms with Crippen LogP contribution in [0.3, 0.4) is 0 Å². The molecular weight excluding hydrogens is 160 g/mol. The fourth-order valence-electron chi connectivity index (χ4n) is 1.36. The quantitative estimate of drug-likeness (QED) is 0.584. The molecule has 66 valence electrons. The van der Waals surface area contributed by atoms with E-state index in [1.807, 2.05) is 30.4 Å². The Balaban J connectivity index is 2.31. The summed E-state index contributed by atoms with van der Waals surface area (Å²) >= 11 is 0. The smallest absolute Gasteiger partial charge is 0.123 e. The molecule has 0 spiro atoms. The van der Waals surface area contributed by atoms with E-state index in [-0.39, 0.29) is 0 Å². The molecule has 1 heteroatoms. The van der Waals surface area contributed by atoms with Crippen LogP contribution in [0.1, 0.15) is 5.56 Å². The Hall–Kier alpha value is -1.50. The highest BCUT2D eigenvalue weighted by Crippen LogP contribution is 2.19. The normalized spacial score (nSPS) is 15.1. The third-order valence-corrected chi connectivity index (χ3v) is 2.03. The lowest BCUT2D eigenvalue weighted by Crippen LogP contribution is -1.95. The van der Waals surface area contributed by atoms with Crippen molar-refractivity contribution in [2.24, 2.45) is 0 Å². The molecule has 0 bridgehead atoms. The molecular formula is C12H12O. The van der Waals surface area contributed by atoms with E-state index in [0.717, 1.165) is 12.2 Å². The van der Waals surface area contributed by atoms with Gasteiger partial charge < -0.3 is 4.74 Å². The fourth-order valence-corrected chi connectivity index (χ4v) is 1.36. The lowest BCUT2D eigenvalue weighted by Gasteiger charge is -2.07. The largest absolute Gasteiger partial charge is 0.489 e. The van der Waals surface area contributed by atoms with Crippen molar-refractivity contribution in [1.82, 2.24) is 0 Å². The number of hydrogen-bond donors (Lipinski definition) is 0. The molecule has 0 aliphatic carbocycles. The first-order valence-electron chi connectivity index (χ1n) is 4.49. The summed E-state index contributed by atoms with van der Waals surface area (Å²) in [6, 6.07) is 8.17. The maximum atomic E-state index is 5.58. The minimum Gasteiger partial charge on any atom is -0.489 e. The van der Waals surface area contributed by atoms with E-state index in [1.165, 1.54) is 5.56 Å². The van der Waals surface area contributed by atoms with Gasteiger partial charge in [0.1, 0.15) is 12.4 Å². The van der Waals surface area contributed by atoms with Crippen LogP contribution in [0.4, 0.5) is 0 Å². The standard InChI is InChI=1S/C12H12O/c1-2-6-10-13-12-9-5-4-8-11(12)7-3-1/h1-6,8-9H,7,10H2. The van der Waals surface area contributed by atoms with Gasteiger partial charge in [-0.3, -0.25) is 0 Å². The maximum absolute atomic E-state index is 5.58. The Kier molecular flexibility index (Phi) is 2.46. The number of ether oxygens (including phenoxy) is 1. The lowest BCUT2D eigenvalue weighted by molar-refractivity contribution is 0.360. The van der Waals surface area contributed by atoms with Crippen molar-refractivity contribution in [3.8, 4) is 5.75 Å². The first-order chi connectivity index (χ1) is 6.47. The highest BCUT2D eigenvalue weighted by atomic mass is 16.5. The number of allylic oxidation sites excluding steroid dienone is 3. The van der Waals surface area contributed by atoms with Crippen LogP contribution in [-0.4, -0.2) is 6.61 Å². The van der Waals surface area contributed by atoms with Gasteiger partial charge in [-0.2, -0.15) is 0 Å². The van der Waals surface area contributed by atoms with E-state index in [9.17, 15) is 0 Å². The SMILES string of the molecule is C1=CCOc2ccccc2CC=C1. The van der Waals surface area contributed by atoms with Crippen molar-refractivity contribution in [2.75, 3.05) is 6.61 Å². The maximum Gasteiger partial charge on any atom is 0.123 e. The lowest BCUT2D eigenvalue weighted by atomic mass is 10.1. The van der Waals surface area contributed by atoms with E-state index in [1.54, 1.807) is 0 Å². The van der Waals surface area contributed by atoms with Crippen molar-refractivity contribution in [3.05, 3.63) is 54.1 Å². The Morgan fingerprint density at radius 2 is 1.85 bits per heavy atom. The number of rotatable bonds is 0. The molecule has 0 N–H and O–H groups in total. The Bertz CT molecular complexity index is 337. The zero-order valence-corrected chi connectivity index (χ0v) is 7.44. The summed E-state index contributed by atoms with van der Waals surface area (Å²) in [6.07, 6.45) is 9.18. The van der Waals surface area contributed by atoms with Crippen LogP contribution in [0.15, 0.2) is 48.6 Å². The molecule has 13 heavy (non-hydrogen) atoms.